The van der Waals surface area contributed by atoms with E-state index in [1.54, 1.807) is 12.1 Å². The Morgan fingerprint density at radius 2 is 2.00 bits per heavy atom. The Bertz CT molecular complexity index is 459. The average Bonchev–Trinajstić information content (AvgIpc) is 2.55. The molecular weight excluding hydrogens is 242 g/mol. The fourth-order valence-electron chi connectivity index (χ4n) is 2.62. The number of rotatable bonds is 3. The van der Waals surface area contributed by atoms with Crippen molar-refractivity contribution in [3.63, 3.8) is 0 Å². The van der Waals surface area contributed by atoms with E-state index in [0.29, 0.717) is 5.69 Å². The molecule has 1 saturated carbocycles. The number of anilines is 1. The maximum atomic E-state index is 11.2. The third kappa shape index (κ3) is 3.47. The summed E-state index contributed by atoms with van der Waals surface area (Å²) in [5.74, 6) is -0.939. The molecule has 1 aliphatic carbocycles. The van der Waals surface area contributed by atoms with Crippen molar-refractivity contribution in [2.45, 2.75) is 51.2 Å². The predicted molar refractivity (Wildman–Crippen MR) is 74.6 cm³/mol. The molecule has 4 nitrogen and oxygen atoms in total. The van der Waals surface area contributed by atoms with Gasteiger partial charge in [0.1, 0.15) is 0 Å². The number of carboxylic acid groups (broad SMARTS) is 1. The van der Waals surface area contributed by atoms with Crippen molar-refractivity contribution >= 4 is 11.7 Å². The summed E-state index contributed by atoms with van der Waals surface area (Å²) in [6.45, 7) is 1.93. The highest BCUT2D eigenvalue weighted by atomic mass is 16.4. The summed E-state index contributed by atoms with van der Waals surface area (Å²) in [6, 6.07) is 5.19. The van der Waals surface area contributed by atoms with Crippen LogP contribution in [0.15, 0.2) is 18.2 Å². The highest BCUT2D eigenvalue weighted by molar-refractivity contribution is 5.94. The average molecular weight is 263 g/mol. The molecule has 104 valence electrons. The summed E-state index contributed by atoms with van der Waals surface area (Å²) >= 11 is 0. The van der Waals surface area contributed by atoms with E-state index < -0.39 is 12.1 Å². The topological polar surface area (TPSA) is 69.6 Å². The maximum Gasteiger partial charge on any atom is 0.337 e. The van der Waals surface area contributed by atoms with Crippen LogP contribution in [-0.4, -0.2) is 28.3 Å². The van der Waals surface area contributed by atoms with Gasteiger partial charge in [-0.05, 0) is 37.5 Å². The van der Waals surface area contributed by atoms with Crippen molar-refractivity contribution in [1.82, 2.24) is 0 Å². The van der Waals surface area contributed by atoms with E-state index in [2.05, 4.69) is 5.32 Å². The number of benzene rings is 1. The van der Waals surface area contributed by atoms with Crippen molar-refractivity contribution in [2.24, 2.45) is 0 Å². The van der Waals surface area contributed by atoms with Gasteiger partial charge in [0.05, 0.1) is 17.7 Å². The van der Waals surface area contributed by atoms with Gasteiger partial charge in [0.15, 0.2) is 0 Å². The van der Waals surface area contributed by atoms with E-state index in [0.717, 1.165) is 37.7 Å². The van der Waals surface area contributed by atoms with Gasteiger partial charge in [0, 0.05) is 5.69 Å². The summed E-state index contributed by atoms with van der Waals surface area (Å²) in [4.78, 5) is 11.2. The molecule has 0 spiro atoms. The Kier molecular flexibility index (Phi) is 4.43. The molecule has 1 aromatic rings. The second kappa shape index (κ2) is 6.06. The van der Waals surface area contributed by atoms with Crippen LogP contribution in [0.1, 0.15) is 48.0 Å². The lowest BCUT2D eigenvalue weighted by Crippen LogP contribution is -2.33. The zero-order valence-corrected chi connectivity index (χ0v) is 11.2. The zero-order chi connectivity index (χ0) is 13.8. The minimum Gasteiger partial charge on any atom is -0.478 e. The quantitative estimate of drug-likeness (QED) is 0.733. The number of aryl methyl sites for hydroxylation is 1. The first-order chi connectivity index (χ1) is 9.08. The number of aliphatic hydroxyl groups is 1. The van der Waals surface area contributed by atoms with Gasteiger partial charge in [-0.25, -0.2) is 4.79 Å². The minimum atomic E-state index is -0.939. The first kappa shape index (κ1) is 13.9. The summed E-state index contributed by atoms with van der Waals surface area (Å²) in [5, 5.41) is 22.5. The molecule has 1 aliphatic rings. The van der Waals surface area contributed by atoms with Gasteiger partial charge >= 0.3 is 5.97 Å². The monoisotopic (exact) mass is 263 g/mol. The Balaban J connectivity index is 2.21. The third-order valence-corrected chi connectivity index (χ3v) is 3.73. The molecule has 4 heteroatoms. The van der Waals surface area contributed by atoms with Gasteiger partial charge in [-0.3, -0.25) is 0 Å². The summed E-state index contributed by atoms with van der Waals surface area (Å²) in [6.07, 6.45) is 4.52. The number of nitrogens with one attached hydrogen (secondary N) is 1. The number of hydrogen-bond donors (Lipinski definition) is 3. The summed E-state index contributed by atoms with van der Waals surface area (Å²) < 4.78 is 0. The summed E-state index contributed by atoms with van der Waals surface area (Å²) in [5.41, 5.74) is 1.89. The minimum absolute atomic E-state index is 0.0533. The number of carboxylic acids is 1. The van der Waals surface area contributed by atoms with Crippen molar-refractivity contribution < 1.29 is 15.0 Å². The molecule has 0 bridgehead atoms. The van der Waals surface area contributed by atoms with Crippen LogP contribution in [0.4, 0.5) is 5.69 Å². The molecule has 2 rings (SSSR count). The highest BCUT2D eigenvalue weighted by Gasteiger charge is 2.23. The molecule has 0 aliphatic heterocycles. The van der Waals surface area contributed by atoms with Gasteiger partial charge in [-0.15, -0.1) is 0 Å². The molecule has 0 aromatic heterocycles. The van der Waals surface area contributed by atoms with Gasteiger partial charge in [-0.1, -0.05) is 25.3 Å². The molecule has 0 heterocycles. The largest absolute Gasteiger partial charge is 0.478 e. The number of carbonyl (C=O) groups is 1. The van der Waals surface area contributed by atoms with E-state index >= 15 is 0 Å². The van der Waals surface area contributed by atoms with Gasteiger partial charge < -0.3 is 15.5 Å². The normalized spacial score (nSPS) is 23.7. The number of aliphatic hydroxyl groups excluding tert-OH is 1. The smallest absolute Gasteiger partial charge is 0.337 e. The second-order valence-corrected chi connectivity index (χ2v) is 5.31. The lowest BCUT2D eigenvalue weighted by molar-refractivity contribution is 0.0697. The van der Waals surface area contributed by atoms with E-state index in [-0.39, 0.29) is 11.6 Å². The molecule has 0 amide bonds. The molecular formula is C15H21NO3. The Labute approximate surface area is 113 Å². The Morgan fingerprint density at radius 1 is 1.26 bits per heavy atom. The molecule has 0 saturated heterocycles. The van der Waals surface area contributed by atoms with E-state index in [4.69, 9.17) is 0 Å². The third-order valence-electron chi connectivity index (χ3n) is 3.73. The number of hydrogen-bond acceptors (Lipinski definition) is 3. The fourth-order valence-corrected chi connectivity index (χ4v) is 2.62. The van der Waals surface area contributed by atoms with Gasteiger partial charge in [0.25, 0.3) is 0 Å². The van der Waals surface area contributed by atoms with Gasteiger partial charge in [0.2, 0.25) is 0 Å². The van der Waals surface area contributed by atoms with Crippen LogP contribution < -0.4 is 5.32 Å². The second-order valence-electron chi connectivity index (χ2n) is 5.31. The molecule has 2 atom stereocenters. The molecule has 0 radical (unpaired) electrons. The SMILES string of the molecule is Cc1ccc(C(=O)O)c(NC2CCCCCC2O)c1. The van der Waals surface area contributed by atoms with Crippen molar-refractivity contribution in [3.8, 4) is 0 Å². The van der Waals surface area contributed by atoms with Crippen LogP contribution >= 0.6 is 0 Å². The van der Waals surface area contributed by atoms with E-state index in [1.165, 1.54) is 0 Å². The molecule has 1 fully saturated rings. The predicted octanol–water partition coefficient (Wildman–Crippen LogP) is 2.80. The Hall–Kier alpha value is -1.55. The van der Waals surface area contributed by atoms with Crippen LogP contribution in [0.2, 0.25) is 0 Å². The highest BCUT2D eigenvalue weighted by Crippen LogP contribution is 2.24. The van der Waals surface area contributed by atoms with Crippen LogP contribution in [-0.2, 0) is 0 Å². The van der Waals surface area contributed by atoms with Crippen molar-refractivity contribution in [3.05, 3.63) is 29.3 Å². The van der Waals surface area contributed by atoms with Crippen molar-refractivity contribution in [2.75, 3.05) is 5.32 Å². The summed E-state index contributed by atoms with van der Waals surface area (Å²) in [7, 11) is 0. The molecule has 3 N–H and O–H groups in total. The van der Waals surface area contributed by atoms with E-state index in [9.17, 15) is 15.0 Å². The van der Waals surface area contributed by atoms with Crippen LogP contribution in [0.3, 0.4) is 0 Å². The molecule has 1 aromatic carbocycles. The Morgan fingerprint density at radius 3 is 2.74 bits per heavy atom. The zero-order valence-electron chi connectivity index (χ0n) is 11.2. The van der Waals surface area contributed by atoms with Crippen LogP contribution in [0.25, 0.3) is 0 Å². The molecule has 2 unspecified atom stereocenters. The van der Waals surface area contributed by atoms with Gasteiger partial charge in [-0.2, -0.15) is 0 Å². The number of aromatic carboxylic acids is 1. The van der Waals surface area contributed by atoms with E-state index in [1.807, 2.05) is 13.0 Å². The lowest BCUT2D eigenvalue weighted by atomic mass is 10.0. The molecule has 19 heavy (non-hydrogen) atoms. The lowest BCUT2D eigenvalue weighted by Gasteiger charge is -2.24. The van der Waals surface area contributed by atoms with Crippen LogP contribution in [0, 0.1) is 6.92 Å². The standard InChI is InChI=1S/C15H21NO3/c1-10-7-8-11(15(18)19)13(9-10)16-12-5-3-2-4-6-14(12)17/h7-9,12,14,16-17H,2-6H2,1H3,(H,18,19). The fraction of sp³-hybridized carbons (Fsp3) is 0.533. The maximum absolute atomic E-state index is 11.2. The first-order valence-corrected chi connectivity index (χ1v) is 6.86. The first-order valence-electron chi connectivity index (χ1n) is 6.86. The van der Waals surface area contributed by atoms with Crippen molar-refractivity contribution in [1.29, 1.82) is 0 Å². The van der Waals surface area contributed by atoms with Crippen LogP contribution in [0.5, 0.6) is 0 Å².